The topological polar surface area (TPSA) is 75.7 Å². The molecule has 3 rings (SSSR count). The highest BCUT2D eigenvalue weighted by Gasteiger charge is 2.34. The predicted octanol–water partition coefficient (Wildman–Crippen LogP) is 2.46. The molecule has 0 saturated carbocycles. The number of nitrogens with zero attached hydrogens (tertiary/aromatic N) is 1. The number of ether oxygens (including phenoxy) is 1. The molecular weight excluding hydrogens is 443 g/mol. The van der Waals surface area contributed by atoms with Gasteiger partial charge >= 0.3 is 0 Å². The molecule has 0 bridgehead atoms. The molecule has 2 aromatic rings. The van der Waals surface area contributed by atoms with Crippen LogP contribution in [-0.4, -0.2) is 33.2 Å². The molecule has 1 aliphatic rings. The van der Waals surface area contributed by atoms with Crippen LogP contribution < -0.4 is 14.4 Å². The van der Waals surface area contributed by atoms with E-state index in [0.717, 1.165) is 9.83 Å². The lowest BCUT2D eigenvalue weighted by molar-refractivity contribution is -0.122. The van der Waals surface area contributed by atoms with Crippen molar-refractivity contribution in [2.45, 2.75) is 6.10 Å². The lowest BCUT2D eigenvalue weighted by Crippen LogP contribution is -2.48. The number of carbonyl (C=O) groups is 1. The minimum Gasteiger partial charge on any atom is -0.476 e. The maximum absolute atomic E-state index is 12.5. The Morgan fingerprint density at radius 2 is 1.88 bits per heavy atom. The molecule has 126 valence electrons. The van der Waals surface area contributed by atoms with Gasteiger partial charge in [-0.1, -0.05) is 12.1 Å². The van der Waals surface area contributed by atoms with Crippen LogP contribution in [0.3, 0.4) is 0 Å². The summed E-state index contributed by atoms with van der Waals surface area (Å²) in [5.41, 5.74) is 1.08. The number of amides is 1. The third-order valence-corrected chi connectivity index (χ3v) is 5.40. The van der Waals surface area contributed by atoms with E-state index in [1.807, 2.05) is 12.1 Å². The number of carbonyl (C=O) groups excluding carboxylic acids is 1. The molecule has 0 fully saturated rings. The third-order valence-electron chi connectivity index (χ3n) is 3.54. The molecule has 1 unspecified atom stereocenters. The minimum atomic E-state index is -3.51. The highest BCUT2D eigenvalue weighted by Crippen LogP contribution is 2.34. The molecule has 1 N–H and O–H groups in total. The summed E-state index contributed by atoms with van der Waals surface area (Å²) >= 11 is 2.17. The number of anilines is 2. The van der Waals surface area contributed by atoms with E-state index in [1.165, 1.54) is 4.31 Å². The Bertz CT molecular complexity index is 868. The Balaban J connectivity index is 1.85. The summed E-state index contributed by atoms with van der Waals surface area (Å²) in [7, 11) is -3.51. The van der Waals surface area contributed by atoms with Crippen LogP contribution in [0.15, 0.2) is 48.5 Å². The van der Waals surface area contributed by atoms with Crippen LogP contribution in [-0.2, 0) is 14.8 Å². The molecule has 0 aliphatic carbocycles. The summed E-state index contributed by atoms with van der Waals surface area (Å²) in [6.45, 7) is -0.0634. The number of hydrogen-bond donors (Lipinski definition) is 1. The summed E-state index contributed by atoms with van der Waals surface area (Å²) in [5.74, 6) is -0.0173. The second-order valence-corrected chi connectivity index (χ2v) is 8.52. The number of para-hydroxylation sites is 2. The molecule has 0 aromatic heterocycles. The van der Waals surface area contributed by atoms with Gasteiger partial charge in [0.2, 0.25) is 10.0 Å². The van der Waals surface area contributed by atoms with E-state index in [1.54, 1.807) is 36.4 Å². The van der Waals surface area contributed by atoms with Crippen LogP contribution >= 0.6 is 22.6 Å². The first-order valence-electron chi connectivity index (χ1n) is 7.14. The summed E-state index contributed by atoms with van der Waals surface area (Å²) in [4.78, 5) is 12.5. The maximum Gasteiger partial charge on any atom is 0.267 e. The zero-order valence-electron chi connectivity index (χ0n) is 12.8. The minimum absolute atomic E-state index is 0.0634. The van der Waals surface area contributed by atoms with E-state index in [2.05, 4.69) is 27.9 Å². The molecular formula is C16H15IN2O4S. The van der Waals surface area contributed by atoms with Crippen LogP contribution in [0.5, 0.6) is 5.75 Å². The van der Waals surface area contributed by atoms with Crippen molar-refractivity contribution in [3.63, 3.8) is 0 Å². The van der Waals surface area contributed by atoms with Gasteiger partial charge in [-0.05, 0) is 59.0 Å². The normalized spacial score (nSPS) is 16.9. The lowest BCUT2D eigenvalue weighted by atomic mass is 10.2. The second-order valence-electron chi connectivity index (χ2n) is 5.36. The van der Waals surface area contributed by atoms with E-state index < -0.39 is 16.1 Å². The van der Waals surface area contributed by atoms with Gasteiger partial charge in [-0.2, -0.15) is 0 Å². The fourth-order valence-electron chi connectivity index (χ4n) is 2.41. The van der Waals surface area contributed by atoms with Crippen molar-refractivity contribution in [2.75, 3.05) is 22.4 Å². The van der Waals surface area contributed by atoms with Crippen molar-refractivity contribution in [3.8, 4) is 5.75 Å². The summed E-state index contributed by atoms with van der Waals surface area (Å²) in [6.07, 6.45) is 0.192. The number of fused-ring (bicyclic) bond motifs is 1. The molecule has 0 radical (unpaired) electrons. The predicted molar refractivity (Wildman–Crippen MR) is 101 cm³/mol. The van der Waals surface area contributed by atoms with Gasteiger partial charge in [0.05, 0.1) is 18.5 Å². The molecule has 0 spiro atoms. The number of rotatable bonds is 3. The zero-order chi connectivity index (χ0) is 17.3. The van der Waals surface area contributed by atoms with Gasteiger partial charge in [-0.3, -0.25) is 9.10 Å². The van der Waals surface area contributed by atoms with E-state index in [0.29, 0.717) is 17.1 Å². The summed E-state index contributed by atoms with van der Waals surface area (Å²) in [5, 5.41) is 2.75. The van der Waals surface area contributed by atoms with Crippen LogP contribution in [0, 0.1) is 3.57 Å². The van der Waals surface area contributed by atoms with Gasteiger partial charge < -0.3 is 10.1 Å². The SMILES string of the molecule is CS(=O)(=O)N1CC(C(=O)Nc2ccc(I)cc2)Oc2ccccc21. The fraction of sp³-hybridized carbons (Fsp3) is 0.188. The summed E-state index contributed by atoms with van der Waals surface area (Å²) in [6, 6.07) is 14.1. The number of hydrogen-bond acceptors (Lipinski definition) is 4. The quantitative estimate of drug-likeness (QED) is 0.718. The van der Waals surface area contributed by atoms with Gasteiger partial charge in [0, 0.05) is 9.26 Å². The third kappa shape index (κ3) is 3.64. The molecule has 0 saturated heterocycles. The average Bonchev–Trinajstić information content (AvgIpc) is 2.55. The van der Waals surface area contributed by atoms with E-state index in [4.69, 9.17) is 4.74 Å². The highest BCUT2D eigenvalue weighted by atomic mass is 127. The first-order chi connectivity index (χ1) is 11.3. The van der Waals surface area contributed by atoms with Crippen LogP contribution in [0.25, 0.3) is 0 Å². The van der Waals surface area contributed by atoms with Crippen molar-refractivity contribution in [2.24, 2.45) is 0 Å². The fourth-order valence-corrected chi connectivity index (χ4v) is 3.68. The number of nitrogens with one attached hydrogen (secondary N) is 1. The van der Waals surface area contributed by atoms with Crippen molar-refractivity contribution in [1.82, 2.24) is 0 Å². The smallest absolute Gasteiger partial charge is 0.267 e. The molecule has 8 heteroatoms. The lowest BCUT2D eigenvalue weighted by Gasteiger charge is -2.33. The van der Waals surface area contributed by atoms with Crippen molar-refractivity contribution in [1.29, 1.82) is 0 Å². The van der Waals surface area contributed by atoms with Gasteiger partial charge in [0.1, 0.15) is 5.75 Å². The summed E-state index contributed by atoms with van der Waals surface area (Å²) < 4.78 is 32.0. The first-order valence-corrected chi connectivity index (χ1v) is 10.1. The maximum atomic E-state index is 12.5. The molecule has 1 heterocycles. The van der Waals surface area contributed by atoms with Crippen LogP contribution in [0.2, 0.25) is 0 Å². The van der Waals surface area contributed by atoms with Gasteiger partial charge in [-0.15, -0.1) is 0 Å². The van der Waals surface area contributed by atoms with E-state index in [9.17, 15) is 13.2 Å². The number of sulfonamides is 1. The van der Waals surface area contributed by atoms with Crippen LogP contribution in [0.4, 0.5) is 11.4 Å². The van der Waals surface area contributed by atoms with Crippen molar-refractivity contribution < 1.29 is 17.9 Å². The van der Waals surface area contributed by atoms with Crippen LogP contribution in [0.1, 0.15) is 0 Å². The Morgan fingerprint density at radius 3 is 2.54 bits per heavy atom. The second kappa shape index (κ2) is 6.60. The molecule has 24 heavy (non-hydrogen) atoms. The monoisotopic (exact) mass is 458 g/mol. The zero-order valence-corrected chi connectivity index (χ0v) is 15.7. The number of halogens is 1. The van der Waals surface area contributed by atoms with Crippen molar-refractivity contribution >= 4 is 49.9 Å². The molecule has 1 aliphatic heterocycles. The van der Waals surface area contributed by atoms with E-state index in [-0.39, 0.29) is 12.5 Å². The Hall–Kier alpha value is -1.81. The van der Waals surface area contributed by atoms with Gasteiger partial charge in [0.15, 0.2) is 6.10 Å². The number of benzene rings is 2. The molecule has 1 amide bonds. The van der Waals surface area contributed by atoms with Gasteiger partial charge in [-0.25, -0.2) is 8.42 Å². The largest absolute Gasteiger partial charge is 0.476 e. The molecule has 2 aromatic carbocycles. The highest BCUT2D eigenvalue weighted by molar-refractivity contribution is 14.1. The Kier molecular flexibility index (Phi) is 4.68. The van der Waals surface area contributed by atoms with E-state index >= 15 is 0 Å². The molecule has 1 atom stereocenters. The van der Waals surface area contributed by atoms with Crippen molar-refractivity contribution in [3.05, 3.63) is 52.1 Å². The average molecular weight is 458 g/mol. The van der Waals surface area contributed by atoms with Gasteiger partial charge in [0.25, 0.3) is 5.91 Å². The standard InChI is InChI=1S/C16H15IN2O4S/c1-24(21,22)19-10-15(23-14-5-3-2-4-13(14)19)16(20)18-12-8-6-11(17)7-9-12/h2-9,15H,10H2,1H3,(H,18,20). The first kappa shape index (κ1) is 17.0. The Labute approximate surface area is 154 Å². The Morgan fingerprint density at radius 1 is 1.21 bits per heavy atom. The molecule has 6 nitrogen and oxygen atoms in total.